The van der Waals surface area contributed by atoms with Crippen LogP contribution in [0.1, 0.15) is 21.6 Å². The summed E-state index contributed by atoms with van der Waals surface area (Å²) in [6, 6.07) is 15.8. The van der Waals surface area contributed by atoms with Crippen LogP contribution in [0.25, 0.3) is 10.9 Å². The third kappa shape index (κ3) is 3.87. The van der Waals surface area contributed by atoms with E-state index in [4.69, 9.17) is 0 Å². The molecule has 1 aliphatic rings. The summed E-state index contributed by atoms with van der Waals surface area (Å²) in [6.45, 7) is 3.82. The number of amides is 1. The zero-order valence-electron chi connectivity index (χ0n) is 17.2. The molecule has 0 bridgehead atoms. The van der Waals surface area contributed by atoms with Gasteiger partial charge in [0.1, 0.15) is 11.5 Å². The molecule has 1 aromatic carbocycles. The van der Waals surface area contributed by atoms with E-state index in [-0.39, 0.29) is 12.0 Å². The lowest BCUT2D eigenvalue weighted by Crippen LogP contribution is -2.51. The molecule has 0 spiro atoms. The van der Waals surface area contributed by atoms with Crippen LogP contribution < -0.4 is 10.2 Å². The van der Waals surface area contributed by atoms with Crippen molar-refractivity contribution >= 4 is 28.3 Å². The fourth-order valence-electron chi connectivity index (χ4n) is 3.94. The molecule has 31 heavy (non-hydrogen) atoms. The highest BCUT2D eigenvalue weighted by molar-refractivity contribution is 6.06. The van der Waals surface area contributed by atoms with Gasteiger partial charge in [0.05, 0.1) is 29.7 Å². The number of aliphatic hydroxyl groups excluding tert-OH is 1. The van der Waals surface area contributed by atoms with Crippen molar-refractivity contribution in [3.63, 3.8) is 0 Å². The van der Waals surface area contributed by atoms with Gasteiger partial charge in [-0.1, -0.05) is 29.8 Å². The van der Waals surface area contributed by atoms with Crippen molar-refractivity contribution in [3.05, 3.63) is 83.9 Å². The zero-order chi connectivity index (χ0) is 21.4. The van der Waals surface area contributed by atoms with Crippen LogP contribution in [0.3, 0.4) is 0 Å². The maximum Gasteiger partial charge on any atom is 0.272 e. The summed E-state index contributed by atoms with van der Waals surface area (Å²) in [5.74, 6) is 0.598. The maximum absolute atomic E-state index is 13.2. The first-order chi connectivity index (χ1) is 15.1. The van der Waals surface area contributed by atoms with Gasteiger partial charge in [-0.2, -0.15) is 0 Å². The second-order valence-corrected chi connectivity index (χ2v) is 7.96. The topological polar surface area (TPSA) is 83.3 Å². The number of fused-ring (bicyclic) bond motifs is 1. The normalized spacial score (nSPS) is 13.9. The number of rotatable bonds is 5. The van der Waals surface area contributed by atoms with Gasteiger partial charge in [-0.15, -0.1) is 0 Å². The van der Waals surface area contributed by atoms with Gasteiger partial charge >= 0.3 is 0 Å². The van der Waals surface area contributed by atoms with Crippen molar-refractivity contribution in [2.75, 3.05) is 23.3 Å². The number of aliphatic hydroxyl groups is 1. The van der Waals surface area contributed by atoms with Crippen molar-refractivity contribution in [2.45, 2.75) is 19.6 Å². The number of hydrogen-bond donors (Lipinski definition) is 2. The first-order valence-electron chi connectivity index (χ1n) is 10.3. The number of pyridine rings is 2. The fourth-order valence-corrected chi connectivity index (χ4v) is 3.94. The molecule has 1 aliphatic heterocycles. The Kier molecular flexibility index (Phi) is 4.88. The molecule has 0 unspecified atom stereocenters. The Morgan fingerprint density at radius 1 is 1.16 bits per heavy atom. The number of carbonyl (C=O) groups is 1. The minimum absolute atomic E-state index is 0.197. The fraction of sp³-hybridized carbons (Fsp3) is 0.208. The summed E-state index contributed by atoms with van der Waals surface area (Å²) in [5.41, 5.74) is 4.41. The minimum atomic E-state index is -0.286. The van der Waals surface area contributed by atoms with Crippen molar-refractivity contribution in [2.24, 2.45) is 0 Å². The molecule has 1 fully saturated rings. The number of aromatic nitrogens is 3. The van der Waals surface area contributed by atoms with Gasteiger partial charge < -0.3 is 19.9 Å². The highest BCUT2D eigenvalue weighted by atomic mass is 16.3. The molecule has 5 rings (SSSR count). The lowest BCUT2D eigenvalue weighted by atomic mass is 10.1. The van der Waals surface area contributed by atoms with E-state index < -0.39 is 0 Å². The number of nitrogens with one attached hydrogen (secondary N) is 1. The van der Waals surface area contributed by atoms with Gasteiger partial charge in [0, 0.05) is 31.2 Å². The molecule has 1 amide bonds. The zero-order valence-corrected chi connectivity index (χ0v) is 17.2. The van der Waals surface area contributed by atoms with Crippen LogP contribution in [0.15, 0.2) is 67.1 Å². The number of carbonyl (C=O) groups excluding carboxylic acids is 1. The number of anilines is 2. The number of β-amino-alcohol motifs (C(OH)–C–C–N with tert-alkyl or cyclic N) is 1. The maximum atomic E-state index is 13.2. The van der Waals surface area contributed by atoms with E-state index in [0.717, 1.165) is 22.3 Å². The smallest absolute Gasteiger partial charge is 0.272 e. The molecule has 3 aromatic heterocycles. The standard InChI is InChI=1S/C24H23N5O2/c1-16-3-2-4-17(9-16)13-29-21(10-18-7-8-25-12-22(18)29)24(31)27-19-5-6-23(26-11-19)28-14-20(30)15-28/h2-12,20,30H,13-15H2,1H3,(H,27,31). The van der Waals surface area contributed by atoms with Gasteiger partial charge in [0.15, 0.2) is 0 Å². The van der Waals surface area contributed by atoms with Crippen molar-refractivity contribution in [1.29, 1.82) is 0 Å². The number of hydrogen-bond acceptors (Lipinski definition) is 5. The Morgan fingerprint density at radius 3 is 2.77 bits per heavy atom. The van der Waals surface area contributed by atoms with Gasteiger partial charge in [-0.25, -0.2) is 4.98 Å². The van der Waals surface area contributed by atoms with Crippen LogP contribution in [-0.4, -0.2) is 44.7 Å². The van der Waals surface area contributed by atoms with E-state index in [1.165, 1.54) is 5.56 Å². The molecule has 0 radical (unpaired) electrons. The quantitative estimate of drug-likeness (QED) is 0.525. The van der Waals surface area contributed by atoms with Crippen molar-refractivity contribution in [3.8, 4) is 0 Å². The van der Waals surface area contributed by atoms with Crippen LogP contribution in [0.4, 0.5) is 11.5 Å². The SMILES string of the molecule is Cc1cccc(Cn2c(C(=O)Nc3ccc(N4CC(O)C4)nc3)cc3ccncc32)c1. The number of aryl methyl sites for hydroxylation is 1. The Hall–Kier alpha value is -3.71. The molecule has 1 saturated heterocycles. The Balaban J connectivity index is 1.41. The van der Waals surface area contributed by atoms with E-state index in [1.54, 1.807) is 18.6 Å². The summed E-state index contributed by atoms with van der Waals surface area (Å²) in [5, 5.41) is 13.4. The number of nitrogens with zero attached hydrogens (tertiary/aromatic N) is 4. The Labute approximate surface area is 180 Å². The van der Waals surface area contributed by atoms with E-state index in [2.05, 4.69) is 40.4 Å². The summed E-state index contributed by atoms with van der Waals surface area (Å²) >= 11 is 0. The Morgan fingerprint density at radius 2 is 2.03 bits per heavy atom. The molecule has 7 nitrogen and oxygen atoms in total. The van der Waals surface area contributed by atoms with Crippen LogP contribution >= 0.6 is 0 Å². The van der Waals surface area contributed by atoms with Gasteiger partial charge in [0.2, 0.25) is 0 Å². The summed E-state index contributed by atoms with van der Waals surface area (Å²) < 4.78 is 2.00. The van der Waals surface area contributed by atoms with E-state index in [1.807, 2.05) is 39.8 Å². The van der Waals surface area contributed by atoms with Gasteiger partial charge in [0.25, 0.3) is 5.91 Å². The second kappa shape index (κ2) is 7.85. The predicted molar refractivity (Wildman–Crippen MR) is 120 cm³/mol. The minimum Gasteiger partial charge on any atom is -0.389 e. The first-order valence-corrected chi connectivity index (χ1v) is 10.3. The van der Waals surface area contributed by atoms with Crippen LogP contribution in [0, 0.1) is 6.92 Å². The predicted octanol–water partition coefficient (Wildman–Crippen LogP) is 3.22. The summed E-state index contributed by atoms with van der Waals surface area (Å²) in [7, 11) is 0. The molecule has 156 valence electrons. The van der Waals surface area contributed by atoms with Crippen LogP contribution in [0.5, 0.6) is 0 Å². The Bertz CT molecular complexity index is 1240. The third-order valence-electron chi connectivity index (χ3n) is 5.55. The number of benzene rings is 1. The average Bonchev–Trinajstić information content (AvgIpc) is 3.11. The van der Waals surface area contributed by atoms with E-state index in [0.29, 0.717) is 31.0 Å². The van der Waals surface area contributed by atoms with Gasteiger partial charge in [-0.3, -0.25) is 9.78 Å². The van der Waals surface area contributed by atoms with Crippen LogP contribution in [0.2, 0.25) is 0 Å². The highest BCUT2D eigenvalue weighted by Crippen LogP contribution is 2.23. The van der Waals surface area contributed by atoms with Crippen molar-refractivity contribution in [1.82, 2.24) is 14.5 Å². The lowest BCUT2D eigenvalue weighted by Gasteiger charge is -2.36. The molecule has 0 aliphatic carbocycles. The molecule has 4 heterocycles. The monoisotopic (exact) mass is 413 g/mol. The molecule has 0 atom stereocenters. The van der Waals surface area contributed by atoms with Gasteiger partial charge in [-0.05, 0) is 36.8 Å². The van der Waals surface area contributed by atoms with Crippen molar-refractivity contribution < 1.29 is 9.90 Å². The third-order valence-corrected chi connectivity index (χ3v) is 5.55. The average molecular weight is 413 g/mol. The van der Waals surface area contributed by atoms with E-state index >= 15 is 0 Å². The molecular weight excluding hydrogens is 390 g/mol. The molecule has 7 heteroatoms. The molecule has 0 saturated carbocycles. The first kappa shape index (κ1) is 19.3. The lowest BCUT2D eigenvalue weighted by molar-refractivity contribution is 0.101. The van der Waals surface area contributed by atoms with Crippen LogP contribution in [-0.2, 0) is 6.54 Å². The molecule has 4 aromatic rings. The van der Waals surface area contributed by atoms with E-state index in [9.17, 15) is 9.90 Å². The second-order valence-electron chi connectivity index (χ2n) is 7.96. The highest BCUT2D eigenvalue weighted by Gasteiger charge is 2.25. The summed E-state index contributed by atoms with van der Waals surface area (Å²) in [4.78, 5) is 23.8. The molecular formula is C24H23N5O2. The largest absolute Gasteiger partial charge is 0.389 e. The molecule has 2 N–H and O–H groups in total. The summed E-state index contributed by atoms with van der Waals surface area (Å²) in [6.07, 6.45) is 4.88.